The monoisotopic (exact) mass is 285 g/mol. The van der Waals surface area contributed by atoms with Crippen molar-refractivity contribution in [1.82, 2.24) is 0 Å². The summed E-state index contributed by atoms with van der Waals surface area (Å²) >= 11 is 0. The van der Waals surface area contributed by atoms with Crippen LogP contribution in [0, 0.1) is 0 Å². The highest BCUT2D eigenvalue weighted by Gasteiger charge is 2.28. The molecular formula is C13H19NO4S. The molecule has 106 valence electrons. The zero-order chi connectivity index (χ0) is 14.1. The maximum Gasteiger partial charge on any atom is 0.175 e. The zero-order valence-electron chi connectivity index (χ0n) is 11.3. The van der Waals surface area contributed by atoms with E-state index in [0.717, 1.165) is 5.69 Å². The first-order chi connectivity index (χ1) is 8.76. The molecule has 0 atom stereocenters. The van der Waals surface area contributed by atoms with Gasteiger partial charge < -0.3 is 14.8 Å². The van der Waals surface area contributed by atoms with Gasteiger partial charge in [-0.15, -0.1) is 0 Å². The molecule has 1 aromatic carbocycles. The van der Waals surface area contributed by atoms with Crippen molar-refractivity contribution in [2.45, 2.75) is 30.6 Å². The van der Waals surface area contributed by atoms with Gasteiger partial charge in [0, 0.05) is 11.9 Å². The van der Waals surface area contributed by atoms with Crippen LogP contribution in [0.5, 0.6) is 0 Å². The Labute approximate surface area is 113 Å². The molecule has 6 heteroatoms. The van der Waals surface area contributed by atoms with E-state index in [4.69, 9.17) is 9.47 Å². The summed E-state index contributed by atoms with van der Waals surface area (Å²) in [5.74, 6) is -0.529. The lowest BCUT2D eigenvalue weighted by Gasteiger charge is -2.35. The van der Waals surface area contributed by atoms with Gasteiger partial charge in [0.15, 0.2) is 15.6 Å². The third-order valence-corrected chi connectivity index (χ3v) is 4.05. The van der Waals surface area contributed by atoms with E-state index in [-0.39, 0.29) is 6.04 Å². The van der Waals surface area contributed by atoms with Crippen molar-refractivity contribution < 1.29 is 17.9 Å². The van der Waals surface area contributed by atoms with E-state index < -0.39 is 15.6 Å². The lowest BCUT2D eigenvalue weighted by Crippen LogP contribution is -2.45. The number of sulfone groups is 1. The number of anilines is 1. The Balaban J connectivity index is 1.97. The van der Waals surface area contributed by atoms with E-state index >= 15 is 0 Å². The smallest absolute Gasteiger partial charge is 0.175 e. The van der Waals surface area contributed by atoms with E-state index in [1.165, 1.54) is 6.26 Å². The number of nitrogens with one attached hydrogen (secondary N) is 1. The van der Waals surface area contributed by atoms with Gasteiger partial charge in [0.1, 0.15) is 0 Å². The summed E-state index contributed by atoms with van der Waals surface area (Å²) in [6, 6.07) is 6.74. The van der Waals surface area contributed by atoms with Crippen LogP contribution in [0.2, 0.25) is 0 Å². The second kappa shape index (κ2) is 5.11. The van der Waals surface area contributed by atoms with Crippen molar-refractivity contribution in [2.24, 2.45) is 0 Å². The molecule has 19 heavy (non-hydrogen) atoms. The minimum Gasteiger partial charge on any atom is -0.378 e. The van der Waals surface area contributed by atoms with E-state index in [2.05, 4.69) is 5.32 Å². The summed E-state index contributed by atoms with van der Waals surface area (Å²) in [4.78, 5) is 0.315. The lowest BCUT2D eigenvalue weighted by molar-refractivity contribution is -0.247. The van der Waals surface area contributed by atoms with Crippen molar-refractivity contribution in [2.75, 3.05) is 24.8 Å². The maximum atomic E-state index is 11.3. The molecule has 0 aromatic heterocycles. The SMILES string of the molecule is CC1(C)OCC(Nc2ccc(S(C)(=O)=O)cc2)CO1. The van der Waals surface area contributed by atoms with E-state index in [1.807, 2.05) is 13.8 Å². The second-order valence-electron chi connectivity index (χ2n) is 5.16. The number of rotatable bonds is 3. The Morgan fingerprint density at radius 2 is 1.68 bits per heavy atom. The molecule has 0 amide bonds. The highest BCUT2D eigenvalue weighted by Crippen LogP contribution is 2.20. The minimum absolute atomic E-state index is 0.0668. The van der Waals surface area contributed by atoms with E-state index in [9.17, 15) is 8.42 Å². The fourth-order valence-electron chi connectivity index (χ4n) is 1.81. The number of ether oxygens (including phenoxy) is 2. The Bertz CT molecular complexity index is 526. The Kier molecular flexibility index (Phi) is 3.85. The van der Waals surface area contributed by atoms with Gasteiger partial charge in [-0.3, -0.25) is 0 Å². The molecule has 2 rings (SSSR count). The normalized spacial score (nSPS) is 20.2. The Hall–Kier alpha value is -1.11. The molecule has 5 nitrogen and oxygen atoms in total. The van der Waals surface area contributed by atoms with Gasteiger partial charge in [-0.05, 0) is 38.1 Å². The molecule has 1 N–H and O–H groups in total. The van der Waals surface area contributed by atoms with Crippen molar-refractivity contribution >= 4 is 15.5 Å². The van der Waals surface area contributed by atoms with Gasteiger partial charge in [0.2, 0.25) is 0 Å². The topological polar surface area (TPSA) is 64.6 Å². The maximum absolute atomic E-state index is 11.3. The average Bonchev–Trinajstić information content (AvgIpc) is 2.31. The van der Waals surface area contributed by atoms with Crippen molar-refractivity contribution in [3.05, 3.63) is 24.3 Å². The molecule has 0 aliphatic carbocycles. The van der Waals surface area contributed by atoms with Crippen molar-refractivity contribution in [3.63, 3.8) is 0 Å². The van der Waals surface area contributed by atoms with E-state index in [1.54, 1.807) is 24.3 Å². The Morgan fingerprint density at radius 3 is 2.16 bits per heavy atom. The molecule has 0 unspecified atom stereocenters. The number of hydrogen-bond donors (Lipinski definition) is 1. The number of benzene rings is 1. The summed E-state index contributed by atoms with van der Waals surface area (Å²) < 4.78 is 33.8. The second-order valence-corrected chi connectivity index (χ2v) is 7.18. The quantitative estimate of drug-likeness (QED) is 0.915. The minimum atomic E-state index is -3.15. The van der Waals surface area contributed by atoms with Crippen LogP contribution in [0.15, 0.2) is 29.2 Å². The molecule has 1 fully saturated rings. The highest BCUT2D eigenvalue weighted by molar-refractivity contribution is 7.90. The first-order valence-electron chi connectivity index (χ1n) is 6.11. The molecule has 1 saturated heterocycles. The molecule has 1 aliphatic heterocycles. The fraction of sp³-hybridized carbons (Fsp3) is 0.538. The molecule has 0 bridgehead atoms. The predicted octanol–water partition coefficient (Wildman–Crippen LogP) is 1.65. The lowest BCUT2D eigenvalue weighted by atomic mass is 10.2. The summed E-state index contributed by atoms with van der Waals surface area (Å²) in [6.07, 6.45) is 1.19. The zero-order valence-corrected chi connectivity index (χ0v) is 12.2. The Morgan fingerprint density at radius 1 is 1.16 bits per heavy atom. The van der Waals surface area contributed by atoms with Crippen LogP contribution in [0.25, 0.3) is 0 Å². The molecule has 1 aromatic rings. The van der Waals surface area contributed by atoms with Crippen LogP contribution < -0.4 is 5.32 Å². The summed E-state index contributed by atoms with van der Waals surface area (Å²) in [6.45, 7) is 4.87. The summed E-state index contributed by atoms with van der Waals surface area (Å²) in [7, 11) is -3.15. The first-order valence-corrected chi connectivity index (χ1v) is 8.00. The van der Waals surface area contributed by atoms with Crippen LogP contribution in [-0.2, 0) is 19.3 Å². The molecule has 1 heterocycles. The first kappa shape index (κ1) is 14.3. The third-order valence-electron chi connectivity index (χ3n) is 2.92. The van der Waals surface area contributed by atoms with Gasteiger partial charge in [-0.25, -0.2) is 8.42 Å². The van der Waals surface area contributed by atoms with Crippen LogP contribution in [0.4, 0.5) is 5.69 Å². The van der Waals surface area contributed by atoms with Crippen LogP contribution in [-0.4, -0.2) is 39.7 Å². The van der Waals surface area contributed by atoms with Crippen molar-refractivity contribution in [1.29, 1.82) is 0 Å². The molecule has 0 saturated carbocycles. The molecule has 0 radical (unpaired) electrons. The summed E-state index contributed by atoms with van der Waals surface area (Å²) in [5, 5.41) is 3.25. The predicted molar refractivity (Wildman–Crippen MR) is 72.9 cm³/mol. The van der Waals surface area contributed by atoms with Gasteiger partial charge >= 0.3 is 0 Å². The standard InChI is InChI=1S/C13H19NO4S/c1-13(2)17-8-11(9-18-13)14-10-4-6-12(7-5-10)19(3,15)16/h4-7,11,14H,8-9H2,1-3H3. The van der Waals surface area contributed by atoms with E-state index in [0.29, 0.717) is 18.1 Å². The molecule has 1 aliphatic rings. The van der Waals surface area contributed by atoms with Crippen LogP contribution in [0.1, 0.15) is 13.8 Å². The summed E-state index contributed by atoms with van der Waals surface area (Å²) in [5.41, 5.74) is 0.851. The van der Waals surface area contributed by atoms with Crippen LogP contribution >= 0.6 is 0 Å². The number of hydrogen-bond acceptors (Lipinski definition) is 5. The third kappa shape index (κ3) is 3.92. The van der Waals surface area contributed by atoms with Gasteiger partial charge in [0.05, 0.1) is 24.2 Å². The molecule has 0 spiro atoms. The molecular weight excluding hydrogens is 266 g/mol. The fourth-order valence-corrected chi connectivity index (χ4v) is 2.44. The van der Waals surface area contributed by atoms with Crippen molar-refractivity contribution in [3.8, 4) is 0 Å². The van der Waals surface area contributed by atoms with Crippen LogP contribution in [0.3, 0.4) is 0 Å². The highest BCUT2D eigenvalue weighted by atomic mass is 32.2. The van der Waals surface area contributed by atoms with Gasteiger partial charge in [0.25, 0.3) is 0 Å². The average molecular weight is 285 g/mol. The largest absolute Gasteiger partial charge is 0.378 e. The van der Waals surface area contributed by atoms with Gasteiger partial charge in [-0.2, -0.15) is 0 Å². The van der Waals surface area contributed by atoms with Gasteiger partial charge in [-0.1, -0.05) is 0 Å².